The van der Waals surface area contributed by atoms with E-state index < -0.39 is 5.60 Å². The Kier molecular flexibility index (Phi) is 5.84. The average molecular weight is 310 g/mol. The summed E-state index contributed by atoms with van der Waals surface area (Å²) in [6.45, 7) is 8.46. The summed E-state index contributed by atoms with van der Waals surface area (Å²) in [6.07, 6.45) is 6.99. The van der Waals surface area contributed by atoms with Crippen LogP contribution in [0.5, 0.6) is 0 Å². The van der Waals surface area contributed by atoms with Crippen LogP contribution in [-0.4, -0.2) is 60.0 Å². The van der Waals surface area contributed by atoms with Gasteiger partial charge in [-0.25, -0.2) is 4.79 Å². The van der Waals surface area contributed by atoms with Gasteiger partial charge in [0.05, 0.1) is 6.04 Å². The van der Waals surface area contributed by atoms with E-state index in [0.29, 0.717) is 19.0 Å². The molecule has 0 spiro atoms. The van der Waals surface area contributed by atoms with Gasteiger partial charge < -0.3 is 14.4 Å². The SMILES string of the molecule is CC(C)(C)OC(=O)N1CCN(C(C=O)C2CCCCC2)CC1. The van der Waals surface area contributed by atoms with Crippen LogP contribution in [0.1, 0.15) is 52.9 Å². The van der Waals surface area contributed by atoms with E-state index in [1.807, 2.05) is 20.8 Å². The predicted octanol–water partition coefficient (Wildman–Crippen LogP) is 2.69. The summed E-state index contributed by atoms with van der Waals surface area (Å²) in [7, 11) is 0. The molecule has 1 heterocycles. The molecule has 0 N–H and O–H groups in total. The maximum Gasteiger partial charge on any atom is 0.410 e. The molecule has 126 valence electrons. The molecule has 5 heteroatoms. The molecule has 2 aliphatic rings. The first-order valence-electron chi connectivity index (χ1n) is 8.58. The van der Waals surface area contributed by atoms with E-state index in [0.717, 1.165) is 32.2 Å². The molecule has 5 nitrogen and oxygen atoms in total. The second kappa shape index (κ2) is 7.44. The summed E-state index contributed by atoms with van der Waals surface area (Å²) < 4.78 is 5.41. The Morgan fingerprint density at radius 2 is 1.68 bits per heavy atom. The monoisotopic (exact) mass is 310 g/mol. The highest BCUT2D eigenvalue weighted by Crippen LogP contribution is 2.28. The third-order valence-electron chi connectivity index (χ3n) is 4.66. The van der Waals surface area contributed by atoms with Crippen molar-refractivity contribution < 1.29 is 14.3 Å². The fourth-order valence-corrected chi connectivity index (χ4v) is 3.50. The summed E-state index contributed by atoms with van der Waals surface area (Å²) in [6, 6.07) is 0.0288. The number of piperazine rings is 1. The maximum atomic E-state index is 12.1. The molecule has 0 radical (unpaired) electrons. The Balaban J connectivity index is 1.85. The summed E-state index contributed by atoms with van der Waals surface area (Å²) in [5.41, 5.74) is -0.457. The standard InChI is InChI=1S/C17H30N2O3/c1-17(2,3)22-16(21)19-11-9-18(10-12-19)15(13-20)14-7-5-4-6-8-14/h13-15H,4-12H2,1-3H3. The second-order valence-electron chi connectivity index (χ2n) is 7.53. The number of hydrogen-bond acceptors (Lipinski definition) is 4. The average Bonchev–Trinajstić information content (AvgIpc) is 2.48. The molecule has 0 aromatic heterocycles. The van der Waals surface area contributed by atoms with Crippen LogP contribution < -0.4 is 0 Å². The van der Waals surface area contributed by atoms with Crippen molar-refractivity contribution in [2.24, 2.45) is 5.92 Å². The van der Waals surface area contributed by atoms with Crippen LogP contribution in [-0.2, 0) is 9.53 Å². The van der Waals surface area contributed by atoms with Crippen molar-refractivity contribution in [3.8, 4) is 0 Å². The van der Waals surface area contributed by atoms with E-state index in [1.54, 1.807) is 4.90 Å². The van der Waals surface area contributed by atoms with E-state index in [-0.39, 0.29) is 12.1 Å². The predicted molar refractivity (Wildman–Crippen MR) is 85.8 cm³/mol. The highest BCUT2D eigenvalue weighted by atomic mass is 16.6. The Labute approximate surface area is 134 Å². The van der Waals surface area contributed by atoms with Crippen molar-refractivity contribution in [3.63, 3.8) is 0 Å². The fraction of sp³-hybridized carbons (Fsp3) is 0.882. The zero-order valence-electron chi connectivity index (χ0n) is 14.2. The van der Waals surface area contributed by atoms with Crippen LogP contribution in [0, 0.1) is 5.92 Å². The minimum Gasteiger partial charge on any atom is -0.444 e. The van der Waals surface area contributed by atoms with Crippen LogP contribution in [0.2, 0.25) is 0 Å². The normalized spacial score (nSPS) is 23.1. The first-order chi connectivity index (χ1) is 10.4. The number of carbonyl (C=O) groups excluding carboxylic acids is 2. The topological polar surface area (TPSA) is 49.9 Å². The minimum atomic E-state index is -0.457. The van der Waals surface area contributed by atoms with Crippen LogP contribution in [0.3, 0.4) is 0 Å². The number of rotatable bonds is 3. The summed E-state index contributed by atoms with van der Waals surface area (Å²) in [5, 5.41) is 0. The highest BCUT2D eigenvalue weighted by Gasteiger charge is 2.32. The van der Waals surface area contributed by atoms with Gasteiger partial charge in [-0.15, -0.1) is 0 Å². The van der Waals surface area contributed by atoms with Gasteiger partial charge in [0.2, 0.25) is 0 Å². The van der Waals surface area contributed by atoms with E-state index in [9.17, 15) is 9.59 Å². The number of nitrogens with zero attached hydrogens (tertiary/aromatic N) is 2. The maximum absolute atomic E-state index is 12.1. The lowest BCUT2D eigenvalue weighted by molar-refractivity contribution is -0.115. The summed E-state index contributed by atoms with van der Waals surface area (Å²) >= 11 is 0. The van der Waals surface area contributed by atoms with Crippen molar-refractivity contribution in [1.82, 2.24) is 9.80 Å². The molecular weight excluding hydrogens is 280 g/mol. The van der Waals surface area contributed by atoms with Crippen molar-refractivity contribution in [2.75, 3.05) is 26.2 Å². The van der Waals surface area contributed by atoms with Gasteiger partial charge in [0.25, 0.3) is 0 Å². The highest BCUT2D eigenvalue weighted by molar-refractivity contribution is 5.68. The molecule has 1 saturated heterocycles. The van der Waals surface area contributed by atoms with Gasteiger partial charge in [-0.2, -0.15) is 0 Å². The zero-order valence-corrected chi connectivity index (χ0v) is 14.2. The molecule has 1 aliphatic carbocycles. The molecule has 1 amide bonds. The van der Waals surface area contributed by atoms with Gasteiger partial charge in [0, 0.05) is 26.2 Å². The Morgan fingerprint density at radius 1 is 1.09 bits per heavy atom. The number of ether oxygens (including phenoxy) is 1. The quantitative estimate of drug-likeness (QED) is 0.752. The van der Waals surface area contributed by atoms with E-state index in [1.165, 1.54) is 19.3 Å². The van der Waals surface area contributed by atoms with Gasteiger partial charge in [-0.3, -0.25) is 4.90 Å². The van der Waals surface area contributed by atoms with Gasteiger partial charge >= 0.3 is 6.09 Å². The Morgan fingerprint density at radius 3 is 2.18 bits per heavy atom. The molecule has 1 saturated carbocycles. The summed E-state index contributed by atoms with van der Waals surface area (Å²) in [5.74, 6) is 0.499. The number of aldehydes is 1. The zero-order chi connectivity index (χ0) is 16.2. The van der Waals surface area contributed by atoms with Crippen LogP contribution >= 0.6 is 0 Å². The molecular formula is C17H30N2O3. The molecule has 1 unspecified atom stereocenters. The van der Waals surface area contributed by atoms with Crippen LogP contribution in [0.4, 0.5) is 4.79 Å². The van der Waals surface area contributed by atoms with Crippen LogP contribution in [0.25, 0.3) is 0 Å². The van der Waals surface area contributed by atoms with E-state index >= 15 is 0 Å². The first kappa shape index (κ1) is 17.3. The smallest absolute Gasteiger partial charge is 0.410 e. The molecule has 0 aromatic rings. The van der Waals surface area contributed by atoms with Gasteiger partial charge in [-0.05, 0) is 39.5 Å². The molecule has 2 rings (SSSR count). The fourth-order valence-electron chi connectivity index (χ4n) is 3.50. The lowest BCUT2D eigenvalue weighted by atomic mass is 9.83. The molecule has 0 bridgehead atoms. The first-order valence-corrected chi connectivity index (χ1v) is 8.58. The van der Waals surface area contributed by atoms with E-state index in [2.05, 4.69) is 4.90 Å². The van der Waals surface area contributed by atoms with Gasteiger partial charge in [0.1, 0.15) is 11.9 Å². The number of carbonyl (C=O) groups is 2. The van der Waals surface area contributed by atoms with Crippen molar-refractivity contribution in [2.45, 2.75) is 64.5 Å². The van der Waals surface area contributed by atoms with Crippen molar-refractivity contribution in [3.05, 3.63) is 0 Å². The molecule has 22 heavy (non-hydrogen) atoms. The van der Waals surface area contributed by atoms with Crippen LogP contribution in [0.15, 0.2) is 0 Å². The molecule has 1 aliphatic heterocycles. The van der Waals surface area contributed by atoms with Gasteiger partial charge in [0.15, 0.2) is 0 Å². The largest absolute Gasteiger partial charge is 0.444 e. The minimum absolute atomic E-state index is 0.0288. The third kappa shape index (κ3) is 4.70. The van der Waals surface area contributed by atoms with Crippen molar-refractivity contribution >= 4 is 12.4 Å². The second-order valence-corrected chi connectivity index (χ2v) is 7.53. The third-order valence-corrected chi connectivity index (χ3v) is 4.66. The molecule has 0 aromatic carbocycles. The van der Waals surface area contributed by atoms with Gasteiger partial charge in [-0.1, -0.05) is 19.3 Å². The number of hydrogen-bond donors (Lipinski definition) is 0. The Bertz CT molecular complexity index is 378. The molecule has 1 atom stereocenters. The lowest BCUT2D eigenvalue weighted by Gasteiger charge is -2.41. The molecule has 2 fully saturated rings. The summed E-state index contributed by atoms with van der Waals surface area (Å²) in [4.78, 5) is 27.6. The number of amides is 1. The van der Waals surface area contributed by atoms with Crippen molar-refractivity contribution in [1.29, 1.82) is 0 Å². The van der Waals surface area contributed by atoms with E-state index in [4.69, 9.17) is 4.74 Å². The lowest BCUT2D eigenvalue weighted by Crippen LogP contribution is -2.55. The Hall–Kier alpha value is -1.10.